The van der Waals surface area contributed by atoms with Crippen LogP contribution in [0.1, 0.15) is 27.2 Å². The van der Waals surface area contributed by atoms with Crippen LogP contribution in [0.3, 0.4) is 0 Å². The highest BCUT2D eigenvalue weighted by Gasteiger charge is 2.25. The van der Waals surface area contributed by atoms with E-state index in [1.54, 1.807) is 10.6 Å². The maximum absolute atomic E-state index is 12.5. The lowest BCUT2D eigenvalue weighted by atomic mass is 10.1. The highest BCUT2D eigenvalue weighted by molar-refractivity contribution is 7.89. The average Bonchev–Trinajstić information content (AvgIpc) is 2.96. The van der Waals surface area contributed by atoms with E-state index in [1.807, 2.05) is 26.2 Å². The predicted molar refractivity (Wildman–Crippen MR) is 81.9 cm³/mol. The molecule has 0 aliphatic carbocycles. The lowest BCUT2D eigenvalue weighted by molar-refractivity contribution is 0.526. The zero-order valence-electron chi connectivity index (χ0n) is 11.9. The molecule has 0 fully saturated rings. The molecule has 0 saturated heterocycles. The van der Waals surface area contributed by atoms with Gasteiger partial charge >= 0.3 is 0 Å². The van der Waals surface area contributed by atoms with E-state index in [2.05, 4.69) is 15.0 Å². The standard InChI is InChI=1S/C12H20N4O2S2/c1-4-9(3)8-14-20(17,18)11-10(13-5-2)15-12-16(11)6-7-19-12/h6-7,9,13-14H,4-5,8H2,1-3H3. The highest BCUT2D eigenvalue weighted by atomic mass is 32.2. The Hall–Kier alpha value is -1.12. The molecular formula is C12H20N4O2S2. The van der Waals surface area contributed by atoms with Crippen molar-refractivity contribution < 1.29 is 8.42 Å². The van der Waals surface area contributed by atoms with Gasteiger partial charge in [-0.25, -0.2) is 18.1 Å². The maximum Gasteiger partial charge on any atom is 0.260 e. The molecule has 0 spiro atoms. The lowest BCUT2D eigenvalue weighted by Crippen LogP contribution is -2.29. The largest absolute Gasteiger partial charge is 0.368 e. The molecule has 2 N–H and O–H groups in total. The third kappa shape index (κ3) is 2.97. The van der Waals surface area contributed by atoms with Crippen LogP contribution in [0.15, 0.2) is 16.6 Å². The number of rotatable bonds is 7. The number of hydrogen-bond donors (Lipinski definition) is 2. The van der Waals surface area contributed by atoms with Crippen molar-refractivity contribution in [3.8, 4) is 0 Å². The SMILES string of the molecule is CCNc1nc2sccn2c1S(=O)(=O)NCC(C)CC. The van der Waals surface area contributed by atoms with Crippen LogP contribution in [-0.4, -0.2) is 30.9 Å². The Morgan fingerprint density at radius 3 is 2.85 bits per heavy atom. The minimum absolute atomic E-state index is 0.193. The molecule has 6 nitrogen and oxygen atoms in total. The van der Waals surface area contributed by atoms with E-state index in [1.165, 1.54) is 11.3 Å². The van der Waals surface area contributed by atoms with Crippen molar-refractivity contribution in [3.05, 3.63) is 11.6 Å². The molecule has 112 valence electrons. The van der Waals surface area contributed by atoms with Crippen LogP contribution in [0.5, 0.6) is 0 Å². The van der Waals surface area contributed by atoms with E-state index >= 15 is 0 Å². The predicted octanol–water partition coefficient (Wildman–Crippen LogP) is 2.15. The van der Waals surface area contributed by atoms with E-state index in [0.717, 1.165) is 6.42 Å². The normalized spacial score (nSPS) is 13.8. The first-order valence-electron chi connectivity index (χ1n) is 6.68. The van der Waals surface area contributed by atoms with Gasteiger partial charge in [-0.15, -0.1) is 11.3 Å². The monoisotopic (exact) mass is 316 g/mol. The Balaban J connectivity index is 2.38. The van der Waals surface area contributed by atoms with Crippen LogP contribution >= 0.6 is 11.3 Å². The fraction of sp³-hybridized carbons (Fsp3) is 0.583. The van der Waals surface area contributed by atoms with Crippen LogP contribution in [0.25, 0.3) is 4.96 Å². The van der Waals surface area contributed by atoms with E-state index < -0.39 is 10.0 Å². The number of nitrogens with one attached hydrogen (secondary N) is 2. The summed E-state index contributed by atoms with van der Waals surface area (Å²) in [6, 6.07) is 0. The summed E-state index contributed by atoms with van der Waals surface area (Å²) in [6.07, 6.45) is 2.66. The van der Waals surface area contributed by atoms with Gasteiger partial charge in [0.1, 0.15) is 0 Å². The summed E-state index contributed by atoms with van der Waals surface area (Å²) < 4.78 is 29.3. The third-order valence-electron chi connectivity index (χ3n) is 3.14. The summed E-state index contributed by atoms with van der Waals surface area (Å²) in [5.74, 6) is 0.717. The van der Waals surface area contributed by atoms with Gasteiger partial charge in [-0.2, -0.15) is 0 Å². The highest BCUT2D eigenvalue weighted by Crippen LogP contribution is 2.25. The Labute approximate surface area is 123 Å². The van der Waals surface area contributed by atoms with Gasteiger partial charge in [0.2, 0.25) is 0 Å². The molecule has 2 heterocycles. The Morgan fingerprint density at radius 2 is 2.20 bits per heavy atom. The van der Waals surface area contributed by atoms with Crippen molar-refractivity contribution in [1.82, 2.24) is 14.1 Å². The molecule has 1 atom stereocenters. The molecule has 0 amide bonds. The molecule has 0 bridgehead atoms. The molecule has 0 radical (unpaired) electrons. The molecule has 2 aromatic rings. The molecule has 2 rings (SSSR count). The van der Waals surface area contributed by atoms with Gasteiger partial charge in [-0.05, 0) is 12.8 Å². The molecule has 0 aromatic carbocycles. The van der Waals surface area contributed by atoms with E-state index in [9.17, 15) is 8.42 Å². The number of anilines is 1. The molecule has 0 aliphatic heterocycles. The van der Waals surface area contributed by atoms with Gasteiger partial charge in [0, 0.05) is 24.7 Å². The molecule has 20 heavy (non-hydrogen) atoms. The number of sulfonamides is 1. The molecular weight excluding hydrogens is 296 g/mol. The number of nitrogens with zero attached hydrogens (tertiary/aromatic N) is 2. The first-order chi connectivity index (χ1) is 9.49. The van der Waals surface area contributed by atoms with Crippen LogP contribution < -0.4 is 10.0 Å². The van der Waals surface area contributed by atoms with Crippen LogP contribution in [0.2, 0.25) is 0 Å². The van der Waals surface area contributed by atoms with Gasteiger partial charge in [-0.1, -0.05) is 20.3 Å². The summed E-state index contributed by atoms with van der Waals surface area (Å²) in [5, 5.41) is 5.03. The van der Waals surface area contributed by atoms with Gasteiger partial charge in [-0.3, -0.25) is 4.40 Å². The van der Waals surface area contributed by atoms with Crippen molar-refractivity contribution >= 4 is 32.1 Å². The van der Waals surface area contributed by atoms with Gasteiger partial charge in [0.05, 0.1) is 0 Å². The molecule has 0 aliphatic rings. The second-order valence-corrected chi connectivity index (χ2v) is 7.27. The van der Waals surface area contributed by atoms with Gasteiger partial charge in [0.15, 0.2) is 15.8 Å². The lowest BCUT2D eigenvalue weighted by Gasteiger charge is -2.11. The zero-order chi connectivity index (χ0) is 14.8. The van der Waals surface area contributed by atoms with Gasteiger partial charge in [0.25, 0.3) is 10.0 Å². The number of thiazole rings is 1. The number of imidazole rings is 1. The first-order valence-corrected chi connectivity index (χ1v) is 9.05. The van der Waals surface area contributed by atoms with Crippen LogP contribution in [0, 0.1) is 5.92 Å². The van der Waals surface area contributed by atoms with Crippen molar-refractivity contribution in [2.45, 2.75) is 32.2 Å². The number of fused-ring (bicyclic) bond motifs is 1. The number of hydrogen-bond acceptors (Lipinski definition) is 5. The molecule has 2 aromatic heterocycles. The van der Waals surface area contributed by atoms with Crippen molar-refractivity contribution in [2.24, 2.45) is 5.92 Å². The summed E-state index contributed by atoms with van der Waals surface area (Å²) >= 11 is 1.41. The topological polar surface area (TPSA) is 75.5 Å². The van der Waals surface area contributed by atoms with Crippen molar-refractivity contribution in [1.29, 1.82) is 0 Å². The fourth-order valence-corrected chi connectivity index (χ4v) is 3.96. The fourth-order valence-electron chi connectivity index (χ4n) is 1.77. The zero-order valence-corrected chi connectivity index (χ0v) is 13.5. The Bertz CT molecular complexity index is 675. The van der Waals surface area contributed by atoms with Gasteiger partial charge < -0.3 is 5.32 Å². The summed E-state index contributed by atoms with van der Waals surface area (Å²) in [4.78, 5) is 5.00. The van der Waals surface area contributed by atoms with E-state index in [-0.39, 0.29) is 5.03 Å². The number of aromatic nitrogens is 2. The summed E-state index contributed by atoms with van der Waals surface area (Å²) in [5.41, 5.74) is 0. The summed E-state index contributed by atoms with van der Waals surface area (Å²) in [7, 11) is -3.58. The quantitative estimate of drug-likeness (QED) is 0.821. The maximum atomic E-state index is 12.5. The first kappa shape index (κ1) is 15.3. The minimum Gasteiger partial charge on any atom is -0.368 e. The van der Waals surface area contributed by atoms with Crippen molar-refractivity contribution in [3.63, 3.8) is 0 Å². The summed E-state index contributed by atoms with van der Waals surface area (Å²) in [6.45, 7) is 7.03. The minimum atomic E-state index is -3.58. The molecule has 0 saturated carbocycles. The molecule has 8 heteroatoms. The van der Waals surface area contributed by atoms with E-state index in [0.29, 0.717) is 29.8 Å². The third-order valence-corrected chi connectivity index (χ3v) is 5.34. The second-order valence-electron chi connectivity index (χ2n) is 4.72. The average molecular weight is 316 g/mol. The van der Waals surface area contributed by atoms with Crippen molar-refractivity contribution in [2.75, 3.05) is 18.4 Å². The Kier molecular flexibility index (Phi) is 4.66. The second kappa shape index (κ2) is 6.11. The smallest absolute Gasteiger partial charge is 0.260 e. The Morgan fingerprint density at radius 1 is 1.45 bits per heavy atom. The van der Waals surface area contributed by atoms with Crippen LogP contribution in [0.4, 0.5) is 5.82 Å². The van der Waals surface area contributed by atoms with E-state index in [4.69, 9.17) is 0 Å². The van der Waals surface area contributed by atoms with Crippen LogP contribution in [-0.2, 0) is 10.0 Å². The molecule has 1 unspecified atom stereocenters.